The Morgan fingerprint density at radius 2 is 1.57 bits per heavy atom. The zero-order valence-corrected chi connectivity index (χ0v) is 29.4. The van der Waals surface area contributed by atoms with Gasteiger partial charge in [0, 0.05) is 19.6 Å². The highest BCUT2D eigenvalue weighted by atomic mass is 16.6. The number of cyclic esters (lactones) is 1. The van der Waals surface area contributed by atoms with Crippen LogP contribution in [0.1, 0.15) is 107 Å². The molecule has 3 aliphatic rings. The van der Waals surface area contributed by atoms with Crippen LogP contribution in [0.4, 0.5) is 9.59 Å². The fourth-order valence-corrected chi connectivity index (χ4v) is 5.06. The van der Waals surface area contributed by atoms with E-state index >= 15 is 0 Å². The number of nitrogens with one attached hydrogen (secondary N) is 3. The van der Waals surface area contributed by atoms with Crippen LogP contribution in [-0.2, 0) is 23.9 Å². The molecule has 2 heterocycles. The zero-order valence-electron chi connectivity index (χ0n) is 29.4. The first kappa shape index (κ1) is 40.6. The number of urea groups is 1. The molecule has 3 rings (SSSR count). The van der Waals surface area contributed by atoms with Gasteiger partial charge in [-0.25, -0.2) is 9.59 Å². The predicted molar refractivity (Wildman–Crippen MR) is 177 cm³/mol. The summed E-state index contributed by atoms with van der Waals surface area (Å²) in [4.78, 5) is 77.5. The number of hydrogen-bond donors (Lipinski definition) is 4. The Balaban J connectivity index is 0.00000137. The van der Waals surface area contributed by atoms with Gasteiger partial charge in [-0.3, -0.25) is 19.2 Å². The number of Topliss-reactive ketones (excluding diaryl/α,β-unsaturated/α-hetero) is 1. The smallest absolute Gasteiger partial charge is 0.409 e. The Labute approximate surface area is 275 Å². The fraction of sp³-hybridized carbons (Fsp3) is 0.818. The first-order valence-corrected chi connectivity index (χ1v) is 16.9. The number of likely N-dealkylation sites (tertiary alicyclic amines) is 1. The molecular weight excluding hydrogens is 592 g/mol. The number of hydrogen-bond acceptors (Lipinski definition) is 7. The second kappa shape index (κ2) is 20.0. The first-order valence-electron chi connectivity index (χ1n) is 16.9. The second-order valence-corrected chi connectivity index (χ2v) is 14.2. The monoisotopic (exact) mass is 652 g/mol. The normalized spacial score (nSPS) is 19.2. The number of rotatable bonds is 11. The van der Waals surface area contributed by atoms with Crippen molar-refractivity contribution in [2.24, 2.45) is 23.0 Å². The van der Waals surface area contributed by atoms with E-state index in [2.05, 4.69) is 50.6 Å². The van der Waals surface area contributed by atoms with Crippen molar-refractivity contribution in [2.45, 2.75) is 125 Å². The van der Waals surface area contributed by atoms with Gasteiger partial charge in [-0.15, -0.1) is 0 Å². The summed E-state index contributed by atoms with van der Waals surface area (Å²) in [6, 6.07) is -2.78. The van der Waals surface area contributed by atoms with Crippen LogP contribution in [0, 0.1) is 17.3 Å². The number of primary amides is 1. The molecule has 5 N–H and O–H groups in total. The average Bonchev–Trinajstić information content (AvgIpc) is 3.43. The topological polar surface area (TPSA) is 180 Å². The van der Waals surface area contributed by atoms with Gasteiger partial charge in [0.15, 0.2) is 0 Å². The first-order chi connectivity index (χ1) is 21.5. The summed E-state index contributed by atoms with van der Waals surface area (Å²) in [5.41, 5.74) is 4.81. The predicted octanol–water partition coefficient (Wildman–Crippen LogP) is 3.34. The molecule has 3 atom stereocenters. The summed E-state index contributed by atoms with van der Waals surface area (Å²) in [7, 11) is 0. The van der Waals surface area contributed by atoms with Gasteiger partial charge >= 0.3 is 12.1 Å². The minimum Gasteiger partial charge on any atom is -0.449 e. The number of ether oxygens (including phenoxy) is 1. The molecule has 1 aliphatic carbocycles. The van der Waals surface area contributed by atoms with Gasteiger partial charge < -0.3 is 36.2 Å². The summed E-state index contributed by atoms with van der Waals surface area (Å²) in [5, 5.41) is 8.06. The van der Waals surface area contributed by atoms with Crippen LogP contribution in [0.15, 0.2) is 0 Å². The van der Waals surface area contributed by atoms with Crippen molar-refractivity contribution in [1.29, 1.82) is 0 Å². The molecule has 0 aromatic heterocycles. The van der Waals surface area contributed by atoms with Crippen LogP contribution in [0.5, 0.6) is 0 Å². The van der Waals surface area contributed by atoms with Gasteiger partial charge in [0.25, 0.3) is 5.91 Å². The maximum Gasteiger partial charge on any atom is 0.409 e. The van der Waals surface area contributed by atoms with E-state index in [4.69, 9.17) is 10.5 Å². The fourth-order valence-electron chi connectivity index (χ4n) is 5.06. The lowest BCUT2D eigenvalue weighted by Gasteiger charge is -2.36. The molecule has 1 saturated carbocycles. The Kier molecular flexibility index (Phi) is 17.7. The molecule has 13 heteroatoms. The summed E-state index contributed by atoms with van der Waals surface area (Å²) in [5.74, 6) is -1.80. The second-order valence-electron chi connectivity index (χ2n) is 14.2. The number of ketones is 1. The van der Waals surface area contributed by atoms with E-state index in [1.54, 1.807) is 4.90 Å². The minimum atomic E-state index is -1.10. The number of amides is 6. The van der Waals surface area contributed by atoms with Crippen LogP contribution >= 0.6 is 0 Å². The van der Waals surface area contributed by atoms with Gasteiger partial charge in [0.05, 0.1) is 25.2 Å². The Bertz CT molecular complexity index is 1020. The number of nitrogens with zero attached hydrogens (tertiary/aromatic N) is 2. The quantitative estimate of drug-likeness (QED) is 0.247. The molecule has 3 unspecified atom stereocenters. The zero-order chi connectivity index (χ0) is 35.0. The molecule has 0 aromatic carbocycles. The van der Waals surface area contributed by atoms with Crippen molar-refractivity contribution >= 4 is 35.6 Å². The lowest BCUT2D eigenvalue weighted by atomic mass is 9.80. The van der Waals surface area contributed by atoms with Crippen molar-refractivity contribution < 1.29 is 33.5 Å². The van der Waals surface area contributed by atoms with Gasteiger partial charge in [-0.2, -0.15) is 0 Å². The molecule has 0 spiro atoms. The van der Waals surface area contributed by atoms with Crippen molar-refractivity contribution in [3.63, 3.8) is 0 Å². The summed E-state index contributed by atoms with van der Waals surface area (Å²) in [6.07, 6.45) is 5.79. The lowest BCUT2D eigenvalue weighted by molar-refractivity contribution is -0.141. The van der Waals surface area contributed by atoms with Crippen LogP contribution in [0.3, 0.4) is 0 Å². The van der Waals surface area contributed by atoms with Crippen LogP contribution in [-0.4, -0.2) is 96.3 Å². The van der Waals surface area contributed by atoms with Gasteiger partial charge in [0.1, 0.15) is 6.04 Å². The van der Waals surface area contributed by atoms with Crippen LogP contribution < -0.4 is 21.7 Å². The largest absolute Gasteiger partial charge is 0.449 e. The molecule has 46 heavy (non-hydrogen) atoms. The minimum absolute atomic E-state index is 0.250. The highest BCUT2D eigenvalue weighted by molar-refractivity contribution is 6.37. The summed E-state index contributed by atoms with van der Waals surface area (Å²) < 4.78 is 5.08. The van der Waals surface area contributed by atoms with Crippen molar-refractivity contribution in [3.05, 3.63) is 0 Å². The molecule has 3 fully saturated rings. The molecule has 2 aliphatic heterocycles. The van der Waals surface area contributed by atoms with E-state index in [9.17, 15) is 28.8 Å². The Morgan fingerprint density at radius 3 is 2.07 bits per heavy atom. The molecule has 264 valence electrons. The molecule has 6 amide bonds. The highest BCUT2D eigenvalue weighted by Crippen LogP contribution is 2.31. The van der Waals surface area contributed by atoms with E-state index in [1.165, 1.54) is 11.3 Å². The molecule has 13 nitrogen and oxygen atoms in total. The highest BCUT2D eigenvalue weighted by Gasteiger charge is 2.38. The van der Waals surface area contributed by atoms with Gasteiger partial charge in [0.2, 0.25) is 17.6 Å². The summed E-state index contributed by atoms with van der Waals surface area (Å²) in [6.45, 7) is 17.8. The molecule has 2 saturated heterocycles. The van der Waals surface area contributed by atoms with E-state index in [0.717, 1.165) is 25.2 Å². The van der Waals surface area contributed by atoms with Crippen LogP contribution in [0.2, 0.25) is 0 Å². The van der Waals surface area contributed by atoms with Crippen molar-refractivity contribution in [3.8, 4) is 0 Å². The SMILES string of the molecule is CC(C)(C)C(CN1CCCOC1=O)NC(=O)NCC(=O)N1CCCC1C(=O)NC(CC1CCC1)C(=O)C(N)=O.CC(C)C.CCC. The van der Waals surface area contributed by atoms with E-state index in [1.807, 2.05) is 20.8 Å². The number of carbonyl (C=O) groups is 6. The standard InChI is InChI=1S/C26H42N6O7.C4H10.C3H8/c1-26(2,3)19(15-31-10-6-12-39-25(31)38)30-24(37)28-14-20(33)32-11-5-9-18(32)23(36)29-17(21(34)22(27)35)13-16-7-4-8-16;1-4(2)3;1-3-2/h16-19H,4-15H2,1-3H3,(H2,27,35)(H,29,36)(H2,28,30,37);4H,1-3H3;3H2,1-2H3. The summed E-state index contributed by atoms with van der Waals surface area (Å²) >= 11 is 0. The third-order valence-corrected chi connectivity index (χ3v) is 7.76. The van der Waals surface area contributed by atoms with Crippen LogP contribution in [0.25, 0.3) is 0 Å². The van der Waals surface area contributed by atoms with Crippen molar-refractivity contribution in [1.82, 2.24) is 25.8 Å². The van der Waals surface area contributed by atoms with Crippen molar-refractivity contribution in [2.75, 3.05) is 32.8 Å². The third-order valence-electron chi connectivity index (χ3n) is 7.76. The maximum absolute atomic E-state index is 13.0. The Hall–Kier alpha value is -3.38. The average molecular weight is 653 g/mol. The van der Waals surface area contributed by atoms with E-state index in [-0.39, 0.29) is 24.4 Å². The van der Waals surface area contributed by atoms with Gasteiger partial charge in [-0.05, 0) is 42.9 Å². The lowest BCUT2D eigenvalue weighted by Crippen LogP contribution is -2.57. The van der Waals surface area contributed by atoms with E-state index < -0.39 is 53.8 Å². The van der Waals surface area contributed by atoms with E-state index in [0.29, 0.717) is 45.4 Å². The number of nitrogens with two attached hydrogens (primary N) is 1. The number of carbonyl (C=O) groups excluding carboxylic acids is 6. The Morgan fingerprint density at radius 1 is 0.957 bits per heavy atom. The molecule has 0 aromatic rings. The maximum atomic E-state index is 13.0. The van der Waals surface area contributed by atoms with Gasteiger partial charge in [-0.1, -0.05) is 81.1 Å². The molecule has 0 bridgehead atoms. The molecular formula is C33H60N6O7. The molecule has 0 radical (unpaired) electrons. The third kappa shape index (κ3) is 14.4.